The van der Waals surface area contributed by atoms with Gasteiger partial charge in [-0.25, -0.2) is 0 Å². The molecule has 1 aromatic heterocycles. The van der Waals surface area contributed by atoms with Crippen LogP contribution in [0.5, 0.6) is 0 Å². The number of pyridine rings is 1. The first-order chi connectivity index (χ1) is 8.57. The van der Waals surface area contributed by atoms with Gasteiger partial charge in [-0.05, 0) is 45.1 Å². The molecule has 18 heavy (non-hydrogen) atoms. The molecule has 0 radical (unpaired) electrons. The molecule has 0 spiro atoms. The fourth-order valence-corrected chi connectivity index (χ4v) is 2.75. The molecule has 0 bridgehead atoms. The third-order valence-corrected chi connectivity index (χ3v) is 3.71. The van der Waals surface area contributed by atoms with E-state index >= 15 is 0 Å². The second-order valence-corrected chi connectivity index (χ2v) is 5.10. The summed E-state index contributed by atoms with van der Waals surface area (Å²) >= 11 is 0. The second-order valence-electron chi connectivity index (χ2n) is 5.10. The summed E-state index contributed by atoms with van der Waals surface area (Å²) in [6, 6.07) is 4.47. The van der Waals surface area contributed by atoms with E-state index < -0.39 is 0 Å². The van der Waals surface area contributed by atoms with Gasteiger partial charge >= 0.3 is 0 Å². The molecule has 0 saturated carbocycles. The number of aromatic nitrogens is 1. The van der Waals surface area contributed by atoms with Gasteiger partial charge < -0.3 is 5.32 Å². The van der Waals surface area contributed by atoms with Gasteiger partial charge in [-0.15, -0.1) is 0 Å². The number of nitrogens with zero attached hydrogens (tertiary/aromatic N) is 2. The van der Waals surface area contributed by atoms with Crippen LogP contribution in [0.25, 0.3) is 0 Å². The van der Waals surface area contributed by atoms with Crippen molar-refractivity contribution >= 4 is 0 Å². The van der Waals surface area contributed by atoms with Crippen LogP contribution in [-0.2, 0) is 0 Å². The van der Waals surface area contributed by atoms with Gasteiger partial charge in [0.25, 0.3) is 0 Å². The van der Waals surface area contributed by atoms with Gasteiger partial charge in [0.1, 0.15) is 0 Å². The van der Waals surface area contributed by atoms with Crippen LogP contribution in [0.1, 0.15) is 46.2 Å². The topological polar surface area (TPSA) is 28.2 Å². The minimum absolute atomic E-state index is 0.0720. The lowest BCUT2D eigenvalue weighted by molar-refractivity contribution is 0.0917. The number of hydrogen-bond acceptors (Lipinski definition) is 3. The minimum Gasteiger partial charge on any atom is -0.309 e. The smallest absolute Gasteiger partial charge is 0.0517 e. The van der Waals surface area contributed by atoms with Crippen molar-refractivity contribution in [2.75, 3.05) is 19.6 Å². The third kappa shape index (κ3) is 3.30. The Kier molecular flexibility index (Phi) is 5.76. The highest BCUT2D eigenvalue weighted by Crippen LogP contribution is 2.30. The highest BCUT2D eigenvalue weighted by molar-refractivity contribution is 5.19. The zero-order valence-electron chi connectivity index (χ0n) is 12.4. The molecule has 102 valence electrons. The van der Waals surface area contributed by atoms with Gasteiger partial charge in [0, 0.05) is 17.9 Å². The first kappa shape index (κ1) is 15.1. The molecule has 0 amide bonds. The normalized spacial score (nSPS) is 13.9. The summed E-state index contributed by atoms with van der Waals surface area (Å²) in [5.74, 6) is 0. The molecule has 1 atom stereocenters. The van der Waals surface area contributed by atoms with Crippen molar-refractivity contribution in [1.82, 2.24) is 15.2 Å². The average Bonchev–Trinajstić information content (AvgIpc) is 2.38. The molecule has 1 N–H and O–H groups in total. The van der Waals surface area contributed by atoms with Gasteiger partial charge in [0.15, 0.2) is 0 Å². The summed E-state index contributed by atoms with van der Waals surface area (Å²) in [4.78, 5) is 6.75. The van der Waals surface area contributed by atoms with E-state index in [4.69, 9.17) is 0 Å². The van der Waals surface area contributed by atoms with E-state index in [1.54, 1.807) is 0 Å². The average molecular weight is 249 g/mol. The molecule has 1 heterocycles. The molecular weight excluding hydrogens is 222 g/mol. The highest BCUT2D eigenvalue weighted by atomic mass is 15.2. The Morgan fingerprint density at radius 1 is 1.28 bits per heavy atom. The van der Waals surface area contributed by atoms with E-state index in [9.17, 15) is 0 Å². The predicted octanol–water partition coefficient (Wildman–Crippen LogP) is 2.85. The Bertz CT molecular complexity index is 331. The molecule has 0 aliphatic carbocycles. The van der Waals surface area contributed by atoms with Crippen LogP contribution in [0.2, 0.25) is 0 Å². The van der Waals surface area contributed by atoms with E-state index in [-0.39, 0.29) is 5.54 Å². The Hall–Kier alpha value is -0.930. The lowest BCUT2D eigenvalue weighted by Crippen LogP contribution is -2.52. The maximum atomic E-state index is 4.25. The molecule has 0 aliphatic heterocycles. The number of nitrogens with one attached hydrogen (secondary N) is 1. The van der Waals surface area contributed by atoms with E-state index in [1.165, 1.54) is 5.56 Å². The van der Waals surface area contributed by atoms with Crippen molar-refractivity contribution in [3.8, 4) is 0 Å². The molecule has 1 unspecified atom stereocenters. The molecule has 1 aromatic rings. The van der Waals surface area contributed by atoms with Crippen molar-refractivity contribution in [1.29, 1.82) is 0 Å². The van der Waals surface area contributed by atoms with Crippen LogP contribution < -0.4 is 5.32 Å². The van der Waals surface area contributed by atoms with E-state index in [1.807, 2.05) is 18.5 Å². The van der Waals surface area contributed by atoms with Gasteiger partial charge in [0.05, 0.1) is 6.04 Å². The zero-order valence-corrected chi connectivity index (χ0v) is 12.4. The largest absolute Gasteiger partial charge is 0.309 e. The zero-order chi connectivity index (χ0) is 13.6. The molecule has 0 saturated heterocycles. The van der Waals surface area contributed by atoms with Gasteiger partial charge in [-0.3, -0.25) is 9.88 Å². The standard InChI is InChI=1S/C15H27N3/c1-6-17-14(13-10-9-11-16-12-13)15(4,5)18(7-2)8-3/h9-12,14,17H,6-8H2,1-5H3. The quantitative estimate of drug-likeness (QED) is 0.805. The second kappa shape index (κ2) is 6.86. The number of hydrogen-bond donors (Lipinski definition) is 1. The lowest BCUT2D eigenvalue weighted by atomic mass is 9.87. The Morgan fingerprint density at radius 2 is 1.94 bits per heavy atom. The number of rotatable bonds is 7. The minimum atomic E-state index is 0.0720. The maximum absolute atomic E-state index is 4.25. The predicted molar refractivity (Wildman–Crippen MR) is 77.7 cm³/mol. The lowest BCUT2D eigenvalue weighted by Gasteiger charge is -2.44. The van der Waals surface area contributed by atoms with Crippen molar-refractivity contribution in [2.45, 2.75) is 46.2 Å². The van der Waals surface area contributed by atoms with Crippen LogP contribution in [-0.4, -0.2) is 35.1 Å². The third-order valence-electron chi connectivity index (χ3n) is 3.71. The van der Waals surface area contributed by atoms with Crippen molar-refractivity contribution in [3.63, 3.8) is 0 Å². The Morgan fingerprint density at radius 3 is 2.39 bits per heavy atom. The SMILES string of the molecule is CCNC(c1cccnc1)C(C)(C)N(CC)CC. The summed E-state index contributed by atoms with van der Waals surface area (Å²) < 4.78 is 0. The van der Waals surface area contributed by atoms with Gasteiger partial charge in [-0.2, -0.15) is 0 Å². The van der Waals surface area contributed by atoms with Gasteiger partial charge in [-0.1, -0.05) is 26.8 Å². The van der Waals surface area contributed by atoms with Crippen LogP contribution in [0.3, 0.4) is 0 Å². The van der Waals surface area contributed by atoms with Crippen molar-refractivity contribution < 1.29 is 0 Å². The summed E-state index contributed by atoms with van der Waals surface area (Å²) in [5.41, 5.74) is 1.33. The summed E-state index contributed by atoms with van der Waals surface area (Å²) in [7, 11) is 0. The first-order valence-corrected chi connectivity index (χ1v) is 6.96. The molecule has 3 heteroatoms. The van der Waals surface area contributed by atoms with Crippen LogP contribution in [0, 0.1) is 0 Å². The molecule has 3 nitrogen and oxygen atoms in total. The molecule has 0 aliphatic rings. The molecule has 0 fully saturated rings. The molecule has 1 rings (SSSR count). The molecule has 0 aromatic carbocycles. The number of likely N-dealkylation sites (N-methyl/N-ethyl adjacent to an activating group) is 2. The van der Waals surface area contributed by atoms with Crippen LogP contribution in [0.15, 0.2) is 24.5 Å². The van der Waals surface area contributed by atoms with Crippen LogP contribution >= 0.6 is 0 Å². The summed E-state index contributed by atoms with van der Waals surface area (Å²) in [5, 5.41) is 3.61. The van der Waals surface area contributed by atoms with E-state index in [2.05, 4.69) is 55.9 Å². The fourth-order valence-electron chi connectivity index (χ4n) is 2.75. The molecular formula is C15H27N3. The van der Waals surface area contributed by atoms with Gasteiger partial charge in [0.2, 0.25) is 0 Å². The Labute approximate surface area is 112 Å². The maximum Gasteiger partial charge on any atom is 0.0517 e. The van der Waals surface area contributed by atoms with Crippen molar-refractivity contribution in [2.24, 2.45) is 0 Å². The van der Waals surface area contributed by atoms with Crippen LogP contribution in [0.4, 0.5) is 0 Å². The monoisotopic (exact) mass is 249 g/mol. The Balaban J connectivity index is 3.04. The summed E-state index contributed by atoms with van der Waals surface area (Å²) in [6.07, 6.45) is 3.80. The first-order valence-electron chi connectivity index (χ1n) is 6.96. The summed E-state index contributed by atoms with van der Waals surface area (Å²) in [6.45, 7) is 14.3. The van der Waals surface area contributed by atoms with Crippen molar-refractivity contribution in [3.05, 3.63) is 30.1 Å². The van der Waals surface area contributed by atoms with E-state index in [0.717, 1.165) is 19.6 Å². The van der Waals surface area contributed by atoms with E-state index in [0.29, 0.717) is 6.04 Å². The fraction of sp³-hybridized carbons (Fsp3) is 0.667. The highest BCUT2D eigenvalue weighted by Gasteiger charge is 2.34.